The first-order valence-electron chi connectivity index (χ1n) is 9.98. The van der Waals surface area contributed by atoms with Crippen LogP contribution in [0.3, 0.4) is 0 Å². The van der Waals surface area contributed by atoms with Gasteiger partial charge in [-0.2, -0.15) is 4.98 Å². The van der Waals surface area contributed by atoms with Crippen molar-refractivity contribution in [3.8, 4) is 16.5 Å². The van der Waals surface area contributed by atoms with Crippen LogP contribution < -0.4 is 20.7 Å². The molecule has 0 bridgehead atoms. The Morgan fingerprint density at radius 1 is 1.17 bits per heavy atom. The van der Waals surface area contributed by atoms with E-state index in [1.807, 2.05) is 25.1 Å². The third-order valence-electron chi connectivity index (χ3n) is 4.86. The van der Waals surface area contributed by atoms with Gasteiger partial charge in [0.05, 0.1) is 0 Å². The number of ether oxygens (including phenoxy) is 1. The van der Waals surface area contributed by atoms with Crippen molar-refractivity contribution < 1.29 is 9.53 Å². The predicted molar refractivity (Wildman–Crippen MR) is 118 cm³/mol. The molecule has 30 heavy (non-hydrogen) atoms. The first kappa shape index (κ1) is 20.2. The van der Waals surface area contributed by atoms with Gasteiger partial charge in [0.15, 0.2) is 0 Å². The molecule has 1 fully saturated rings. The van der Waals surface area contributed by atoms with E-state index in [1.165, 1.54) is 24.2 Å². The number of hydrogen-bond donors (Lipinski definition) is 3. The first-order chi connectivity index (χ1) is 14.7. The molecule has 1 saturated heterocycles. The highest BCUT2D eigenvalue weighted by molar-refractivity contribution is 7.13. The van der Waals surface area contributed by atoms with E-state index >= 15 is 0 Å². The summed E-state index contributed by atoms with van der Waals surface area (Å²) in [5.41, 5.74) is 0.955. The lowest BCUT2D eigenvalue weighted by molar-refractivity contribution is 0.147. The normalized spacial score (nSPS) is 17.2. The zero-order valence-corrected chi connectivity index (χ0v) is 17.5. The lowest BCUT2D eigenvalue weighted by Gasteiger charge is -2.29. The lowest BCUT2D eigenvalue weighted by atomic mass is 10.0. The number of hydrogen-bond acceptors (Lipinski definition) is 7. The average Bonchev–Trinajstić information content (AvgIpc) is 3.23. The van der Waals surface area contributed by atoms with Gasteiger partial charge < -0.3 is 10.1 Å². The molecule has 8 nitrogen and oxygen atoms in total. The number of pyridine rings is 2. The fourth-order valence-electron chi connectivity index (χ4n) is 3.32. The molecule has 0 radical (unpaired) electrons. The minimum atomic E-state index is -0.409. The van der Waals surface area contributed by atoms with E-state index in [0.717, 1.165) is 23.5 Å². The molecule has 3 aromatic heterocycles. The second-order valence-corrected chi connectivity index (χ2v) is 7.95. The fourth-order valence-corrected chi connectivity index (χ4v) is 4.08. The summed E-state index contributed by atoms with van der Waals surface area (Å²) in [5, 5.41) is 11.6. The molecule has 3 aromatic rings. The molecule has 0 aliphatic carbocycles. The van der Waals surface area contributed by atoms with E-state index in [9.17, 15) is 4.79 Å². The maximum atomic E-state index is 12.4. The van der Waals surface area contributed by atoms with Gasteiger partial charge in [0.25, 0.3) is 0 Å². The van der Waals surface area contributed by atoms with E-state index in [0.29, 0.717) is 23.6 Å². The molecule has 2 unspecified atom stereocenters. The second-order valence-electron chi connectivity index (χ2n) is 7.09. The SMILES string of the molecule is CC(Oc1cccc(NC(=O)Nc2csc(-c3ccncc3)n2)n1)C1CCCCN1. The molecule has 1 aliphatic heterocycles. The summed E-state index contributed by atoms with van der Waals surface area (Å²) in [6.07, 6.45) is 6.93. The van der Waals surface area contributed by atoms with Crippen LogP contribution in [0.5, 0.6) is 5.88 Å². The molecule has 4 heterocycles. The van der Waals surface area contributed by atoms with Crippen molar-refractivity contribution in [3.05, 3.63) is 48.1 Å². The highest BCUT2D eigenvalue weighted by Crippen LogP contribution is 2.25. The number of nitrogens with zero attached hydrogens (tertiary/aromatic N) is 3. The Morgan fingerprint density at radius 3 is 2.80 bits per heavy atom. The Hall–Kier alpha value is -3.04. The van der Waals surface area contributed by atoms with Gasteiger partial charge in [0, 0.05) is 35.4 Å². The molecule has 4 rings (SSSR count). The number of thiazole rings is 1. The quantitative estimate of drug-likeness (QED) is 0.549. The van der Waals surface area contributed by atoms with E-state index in [-0.39, 0.29) is 6.10 Å². The van der Waals surface area contributed by atoms with Gasteiger partial charge in [-0.25, -0.2) is 9.78 Å². The van der Waals surface area contributed by atoms with Gasteiger partial charge >= 0.3 is 6.03 Å². The number of carbonyl (C=O) groups is 1. The molecule has 9 heteroatoms. The number of amides is 2. The zero-order valence-electron chi connectivity index (χ0n) is 16.7. The third kappa shape index (κ3) is 5.31. The van der Waals surface area contributed by atoms with Gasteiger partial charge in [-0.15, -0.1) is 11.3 Å². The van der Waals surface area contributed by atoms with Crippen LogP contribution in [0, 0.1) is 0 Å². The van der Waals surface area contributed by atoms with E-state index in [4.69, 9.17) is 4.74 Å². The Labute approximate surface area is 179 Å². The highest BCUT2D eigenvalue weighted by Gasteiger charge is 2.21. The molecule has 156 valence electrons. The number of aromatic nitrogens is 3. The van der Waals surface area contributed by atoms with Crippen molar-refractivity contribution in [2.45, 2.75) is 38.3 Å². The number of carbonyl (C=O) groups excluding carboxylic acids is 1. The molecule has 2 amide bonds. The summed E-state index contributed by atoms with van der Waals surface area (Å²) in [6.45, 7) is 3.06. The molecule has 0 aromatic carbocycles. The van der Waals surface area contributed by atoms with Crippen molar-refractivity contribution in [1.29, 1.82) is 0 Å². The Bertz CT molecular complexity index is 974. The van der Waals surface area contributed by atoms with Crippen LogP contribution in [-0.2, 0) is 0 Å². The third-order valence-corrected chi connectivity index (χ3v) is 5.75. The van der Waals surface area contributed by atoms with Crippen molar-refractivity contribution in [1.82, 2.24) is 20.3 Å². The standard InChI is InChI=1S/C21H24N6O2S/c1-14(16-5-2-3-10-23-16)29-19-7-4-6-17(24-19)26-21(28)27-18-13-30-20(25-18)15-8-11-22-12-9-15/h4,6-9,11-14,16,23H,2-3,5,10H2,1H3,(H2,24,26,27,28). The van der Waals surface area contributed by atoms with Crippen LogP contribution in [0.25, 0.3) is 10.6 Å². The van der Waals surface area contributed by atoms with Gasteiger partial charge in [-0.3, -0.25) is 15.6 Å². The van der Waals surface area contributed by atoms with E-state index in [2.05, 4.69) is 30.9 Å². The maximum Gasteiger partial charge on any atom is 0.326 e. The molecule has 0 spiro atoms. The molecular weight excluding hydrogens is 400 g/mol. The maximum absolute atomic E-state index is 12.4. The predicted octanol–water partition coefficient (Wildman–Crippen LogP) is 4.15. The summed E-state index contributed by atoms with van der Waals surface area (Å²) in [7, 11) is 0. The monoisotopic (exact) mass is 424 g/mol. The number of nitrogens with one attached hydrogen (secondary N) is 3. The summed E-state index contributed by atoms with van der Waals surface area (Å²) in [4.78, 5) is 25.2. The summed E-state index contributed by atoms with van der Waals surface area (Å²) in [5.74, 6) is 1.38. The Kier molecular flexibility index (Phi) is 6.50. The van der Waals surface area contributed by atoms with Crippen molar-refractivity contribution in [2.75, 3.05) is 17.2 Å². The van der Waals surface area contributed by atoms with Crippen molar-refractivity contribution >= 4 is 29.0 Å². The summed E-state index contributed by atoms with van der Waals surface area (Å²) in [6, 6.07) is 8.99. The van der Waals surface area contributed by atoms with Gasteiger partial charge in [-0.05, 0) is 44.5 Å². The molecule has 0 saturated carbocycles. The highest BCUT2D eigenvalue weighted by atomic mass is 32.1. The van der Waals surface area contributed by atoms with Crippen LogP contribution in [0.4, 0.5) is 16.4 Å². The topological polar surface area (TPSA) is 101 Å². The smallest absolute Gasteiger partial charge is 0.326 e. The lowest BCUT2D eigenvalue weighted by Crippen LogP contribution is -2.44. The number of urea groups is 1. The summed E-state index contributed by atoms with van der Waals surface area (Å²) >= 11 is 1.45. The fraction of sp³-hybridized carbons (Fsp3) is 0.333. The molecule has 3 N–H and O–H groups in total. The zero-order chi connectivity index (χ0) is 20.8. The molecular formula is C21H24N6O2S. The van der Waals surface area contributed by atoms with Crippen LogP contribution in [-0.4, -0.2) is 39.7 Å². The van der Waals surface area contributed by atoms with Crippen molar-refractivity contribution in [3.63, 3.8) is 0 Å². The van der Waals surface area contributed by atoms with E-state index in [1.54, 1.807) is 29.9 Å². The minimum Gasteiger partial charge on any atom is -0.473 e. The van der Waals surface area contributed by atoms with Gasteiger partial charge in [0.2, 0.25) is 5.88 Å². The Balaban J connectivity index is 1.33. The minimum absolute atomic E-state index is 0.00323. The van der Waals surface area contributed by atoms with E-state index < -0.39 is 6.03 Å². The first-order valence-corrected chi connectivity index (χ1v) is 10.9. The van der Waals surface area contributed by atoms with Gasteiger partial charge in [-0.1, -0.05) is 12.5 Å². The number of anilines is 2. The number of rotatable bonds is 6. The Morgan fingerprint density at radius 2 is 2.00 bits per heavy atom. The van der Waals surface area contributed by atoms with Crippen LogP contribution in [0.2, 0.25) is 0 Å². The van der Waals surface area contributed by atoms with Crippen molar-refractivity contribution in [2.24, 2.45) is 0 Å². The number of piperidine rings is 1. The summed E-state index contributed by atoms with van der Waals surface area (Å²) < 4.78 is 5.99. The van der Waals surface area contributed by atoms with Gasteiger partial charge in [0.1, 0.15) is 22.7 Å². The molecule has 1 aliphatic rings. The average molecular weight is 425 g/mol. The largest absolute Gasteiger partial charge is 0.473 e. The van der Waals surface area contributed by atoms with Crippen LogP contribution in [0.1, 0.15) is 26.2 Å². The molecule has 2 atom stereocenters. The van der Waals surface area contributed by atoms with Crippen LogP contribution in [0.15, 0.2) is 48.1 Å². The van der Waals surface area contributed by atoms with Crippen LogP contribution >= 0.6 is 11.3 Å². The second kappa shape index (κ2) is 9.64.